The summed E-state index contributed by atoms with van der Waals surface area (Å²) in [7, 11) is -2.17. The molecule has 6 heteroatoms. The molecule has 1 aromatic carbocycles. The number of carbonyl (C=O) groups is 1. The van der Waals surface area contributed by atoms with Crippen molar-refractivity contribution in [2.45, 2.75) is 75.2 Å². The van der Waals surface area contributed by atoms with Gasteiger partial charge in [-0.05, 0) is 40.2 Å². The van der Waals surface area contributed by atoms with Crippen LogP contribution < -0.4 is 4.74 Å². The Labute approximate surface area is 171 Å². The first-order valence-electron chi connectivity index (χ1n) is 9.75. The molecule has 0 spiro atoms. The van der Waals surface area contributed by atoms with Gasteiger partial charge in [-0.2, -0.15) is 0 Å². The van der Waals surface area contributed by atoms with E-state index < -0.39 is 7.32 Å². The van der Waals surface area contributed by atoms with E-state index in [9.17, 15) is 4.79 Å². The van der Waals surface area contributed by atoms with Crippen molar-refractivity contribution in [2.75, 3.05) is 0 Å². The van der Waals surface area contributed by atoms with Gasteiger partial charge in [0.1, 0.15) is 5.75 Å². The fourth-order valence-electron chi connectivity index (χ4n) is 5.46. The van der Waals surface area contributed by atoms with Crippen LogP contribution in [0.3, 0.4) is 0 Å². The number of para-hydroxylation sites is 1. The Morgan fingerprint density at radius 3 is 1.50 bits per heavy atom. The van der Waals surface area contributed by atoms with Crippen molar-refractivity contribution in [1.29, 1.82) is 0 Å². The second kappa shape index (κ2) is 9.90. The van der Waals surface area contributed by atoms with Crippen molar-refractivity contribution in [3.63, 3.8) is 0 Å². The lowest BCUT2D eigenvalue weighted by atomic mass is 9.43. The average Bonchev–Trinajstić information content (AvgIpc) is 2.43. The van der Waals surface area contributed by atoms with Crippen LogP contribution in [0.2, 0.25) is 0 Å². The van der Waals surface area contributed by atoms with Crippen molar-refractivity contribution in [1.82, 2.24) is 0 Å². The van der Waals surface area contributed by atoms with Gasteiger partial charge >= 0.3 is 13.3 Å². The highest BCUT2D eigenvalue weighted by Crippen LogP contribution is 2.63. The molecule has 5 nitrogen and oxygen atoms in total. The lowest BCUT2D eigenvalue weighted by Gasteiger charge is -2.61. The summed E-state index contributed by atoms with van der Waals surface area (Å²) >= 11 is 0. The molecule has 3 N–H and O–H groups in total. The number of rotatable bonds is 4. The molecular weight excluding hydrogens is 355 g/mol. The topological polar surface area (TPSA) is 87.0 Å². The van der Waals surface area contributed by atoms with Crippen molar-refractivity contribution in [3.8, 4) is 5.75 Å². The quantitative estimate of drug-likeness (QED) is 0.399. The number of hydrogen-bond donors (Lipinski definition) is 3. The van der Waals surface area contributed by atoms with E-state index in [1.807, 2.05) is 30.3 Å². The van der Waals surface area contributed by atoms with Crippen molar-refractivity contribution < 1.29 is 24.6 Å². The highest BCUT2D eigenvalue weighted by atomic mass is 16.5. The Bertz CT molecular complexity index is 553. The molecule has 0 amide bonds. The Balaban J connectivity index is 0.00000165. The second-order valence-corrected chi connectivity index (χ2v) is 10.3. The summed E-state index contributed by atoms with van der Waals surface area (Å²) in [5, 5.41) is 21.5. The molecule has 1 rings (SSSR count). The van der Waals surface area contributed by atoms with Crippen LogP contribution >= 0.6 is 0 Å². The minimum Gasteiger partial charge on any atom is -0.427 e. The molecule has 28 heavy (non-hydrogen) atoms. The number of hydrogen-bond acceptors (Lipinski definition) is 5. The minimum atomic E-state index is -2.17. The van der Waals surface area contributed by atoms with Gasteiger partial charge in [0.2, 0.25) is 0 Å². The lowest BCUT2D eigenvalue weighted by molar-refractivity contribution is -0.146. The molecule has 0 fully saturated rings. The number of ether oxygens (including phenoxy) is 1. The van der Waals surface area contributed by atoms with E-state index >= 15 is 0 Å². The van der Waals surface area contributed by atoms with E-state index in [2.05, 4.69) is 62.3 Å². The highest BCUT2D eigenvalue weighted by Gasteiger charge is 2.56. The smallest absolute Gasteiger partial charge is 0.427 e. The highest BCUT2D eigenvalue weighted by molar-refractivity contribution is 6.30. The van der Waals surface area contributed by atoms with Gasteiger partial charge < -0.3 is 19.8 Å². The van der Waals surface area contributed by atoms with Crippen molar-refractivity contribution in [3.05, 3.63) is 30.3 Å². The summed E-state index contributed by atoms with van der Waals surface area (Å²) in [6, 6.07) is 9.32. The molecule has 0 heterocycles. The molecule has 0 atom stereocenters. The second-order valence-electron chi connectivity index (χ2n) is 10.3. The van der Waals surface area contributed by atoms with Crippen LogP contribution in [0.5, 0.6) is 5.75 Å². The first-order valence-corrected chi connectivity index (χ1v) is 9.75. The van der Waals surface area contributed by atoms with Gasteiger partial charge in [0.25, 0.3) is 0 Å². The van der Waals surface area contributed by atoms with Gasteiger partial charge in [0.05, 0.1) is 0 Å². The zero-order chi connectivity index (χ0) is 22.4. The Morgan fingerprint density at radius 1 is 0.821 bits per heavy atom. The first-order chi connectivity index (χ1) is 12.5. The molecule has 0 radical (unpaired) electrons. The van der Waals surface area contributed by atoms with Crippen LogP contribution in [0.25, 0.3) is 0 Å². The van der Waals surface area contributed by atoms with Gasteiger partial charge in [0.15, 0.2) is 0 Å². The minimum absolute atomic E-state index is 0.0112. The normalized spacial score (nSPS) is 12.7. The van der Waals surface area contributed by atoms with Crippen molar-refractivity contribution in [2.24, 2.45) is 21.7 Å². The fourth-order valence-corrected chi connectivity index (χ4v) is 5.46. The molecule has 1 aromatic rings. The third-order valence-electron chi connectivity index (χ3n) is 5.52. The SMILES string of the molecule is CC(C)(C)C(CCC(=O)Oc1ccccc1)(C(C)(C)C)C(C)(C)C.OB(O)O. The Kier molecular flexibility index (Phi) is 9.42. The molecule has 0 unspecified atom stereocenters. The summed E-state index contributed by atoms with van der Waals surface area (Å²) in [6.45, 7) is 20.7. The maximum Gasteiger partial charge on any atom is 0.631 e. The van der Waals surface area contributed by atoms with Crippen molar-refractivity contribution >= 4 is 13.3 Å². The summed E-state index contributed by atoms with van der Waals surface area (Å²) < 4.78 is 5.51. The fraction of sp³-hybridized carbons (Fsp3) is 0.682. The molecule has 0 saturated carbocycles. The summed E-state index contributed by atoms with van der Waals surface area (Å²) in [6.07, 6.45) is 1.25. The largest absolute Gasteiger partial charge is 0.631 e. The van der Waals surface area contributed by atoms with Gasteiger partial charge in [-0.1, -0.05) is 80.5 Å². The maximum atomic E-state index is 12.4. The predicted octanol–water partition coefficient (Wildman–Crippen LogP) is 4.45. The maximum absolute atomic E-state index is 12.4. The average molecular weight is 394 g/mol. The van der Waals surface area contributed by atoms with E-state index in [1.165, 1.54) is 0 Å². The molecule has 0 bridgehead atoms. The van der Waals surface area contributed by atoms with Gasteiger partial charge in [0, 0.05) is 6.42 Å². The standard InChI is InChI=1S/C22H36O2.BH3O3/c1-19(2,3)22(20(4,5)6,21(7,8)9)16-15-18(23)24-17-13-11-10-12-14-17;2-1(3)4/h10-14H,15-16H2,1-9H3;2-4H. The third kappa shape index (κ3) is 7.23. The zero-order valence-electron chi connectivity index (χ0n) is 19.0. The van der Waals surface area contributed by atoms with Crippen LogP contribution in [0, 0.1) is 21.7 Å². The van der Waals surface area contributed by atoms with Gasteiger partial charge in [-0.15, -0.1) is 0 Å². The van der Waals surface area contributed by atoms with Gasteiger partial charge in [-0.25, -0.2) is 0 Å². The van der Waals surface area contributed by atoms with E-state index in [0.717, 1.165) is 6.42 Å². The van der Waals surface area contributed by atoms with Crippen LogP contribution in [0.4, 0.5) is 0 Å². The number of carbonyl (C=O) groups excluding carboxylic acids is 1. The Hall–Kier alpha value is -1.37. The molecule has 0 aliphatic rings. The zero-order valence-corrected chi connectivity index (χ0v) is 19.0. The summed E-state index contributed by atoms with van der Waals surface area (Å²) in [5.74, 6) is 0.471. The van der Waals surface area contributed by atoms with E-state index in [1.54, 1.807) is 0 Å². The monoisotopic (exact) mass is 394 g/mol. The van der Waals surface area contributed by atoms with Crippen LogP contribution in [0.1, 0.15) is 75.2 Å². The lowest BCUT2D eigenvalue weighted by Crippen LogP contribution is -2.55. The number of esters is 1. The third-order valence-corrected chi connectivity index (χ3v) is 5.52. The summed E-state index contributed by atoms with van der Waals surface area (Å²) in [4.78, 5) is 12.4. The molecule has 0 saturated heterocycles. The van der Waals surface area contributed by atoms with E-state index in [4.69, 9.17) is 19.8 Å². The molecule has 0 aliphatic carbocycles. The number of benzene rings is 1. The van der Waals surface area contributed by atoms with E-state index in [-0.39, 0.29) is 27.6 Å². The van der Waals surface area contributed by atoms with Crippen LogP contribution in [0.15, 0.2) is 30.3 Å². The molecule has 0 aromatic heterocycles. The Morgan fingerprint density at radius 2 is 1.18 bits per heavy atom. The molecular formula is C22H39BO5. The van der Waals surface area contributed by atoms with Crippen LogP contribution in [-0.2, 0) is 4.79 Å². The summed E-state index contributed by atoms with van der Waals surface area (Å²) in [5.41, 5.74) is 0.187. The molecule has 0 aliphatic heterocycles. The van der Waals surface area contributed by atoms with Gasteiger partial charge in [-0.3, -0.25) is 4.79 Å². The van der Waals surface area contributed by atoms with Crippen LogP contribution in [-0.4, -0.2) is 28.4 Å². The molecule has 160 valence electrons. The first kappa shape index (κ1) is 26.6. The predicted molar refractivity (Wildman–Crippen MR) is 115 cm³/mol. The van der Waals surface area contributed by atoms with E-state index in [0.29, 0.717) is 12.2 Å².